The van der Waals surface area contributed by atoms with Gasteiger partial charge >= 0.3 is 15.2 Å². The predicted octanol–water partition coefficient (Wildman–Crippen LogP) is 3.14. The van der Waals surface area contributed by atoms with E-state index in [0.717, 1.165) is 12.0 Å². The van der Waals surface area contributed by atoms with Gasteiger partial charge in [-0.05, 0) is 60.1 Å². The van der Waals surface area contributed by atoms with E-state index in [0.29, 0.717) is 12.0 Å². The number of phenols is 2. The number of carbonyl (C=O) groups is 3. The molecule has 0 aliphatic rings. The molecule has 2 aromatic carbocycles. The average molecular weight is 557 g/mol. The highest BCUT2D eigenvalue weighted by atomic mass is 31.2. The van der Waals surface area contributed by atoms with Crippen LogP contribution in [0.1, 0.15) is 56.1 Å². The van der Waals surface area contributed by atoms with Crippen LogP contribution >= 0.6 is 15.2 Å². The van der Waals surface area contributed by atoms with Crippen molar-refractivity contribution < 1.29 is 53.3 Å². The molecule has 0 aliphatic carbocycles. The first-order chi connectivity index (χ1) is 17.1. The van der Waals surface area contributed by atoms with Gasteiger partial charge in [-0.2, -0.15) is 0 Å². The van der Waals surface area contributed by atoms with Crippen LogP contribution in [0.2, 0.25) is 0 Å². The molecule has 12 nitrogen and oxygen atoms in total. The van der Waals surface area contributed by atoms with Crippen molar-refractivity contribution in [1.29, 1.82) is 0 Å². The second kappa shape index (κ2) is 12.1. The highest BCUT2D eigenvalue weighted by Gasteiger charge is 2.45. The number of benzene rings is 2. The number of rotatable bonds is 12. The molecule has 0 radical (unpaired) electrons. The van der Waals surface area contributed by atoms with Crippen LogP contribution in [0.15, 0.2) is 42.5 Å². The molecule has 0 heterocycles. The number of hydrogen-bond donors (Lipinski definition) is 7. The summed E-state index contributed by atoms with van der Waals surface area (Å²) in [6.45, 7) is 3.93. The van der Waals surface area contributed by atoms with Gasteiger partial charge in [-0.1, -0.05) is 32.0 Å². The third kappa shape index (κ3) is 7.82. The fraction of sp³-hybridized carbons (Fsp3) is 0.348. The molecule has 0 saturated carbocycles. The highest BCUT2D eigenvalue weighted by molar-refractivity contribution is 7.73. The third-order valence-corrected chi connectivity index (χ3v) is 7.74. The summed E-state index contributed by atoms with van der Waals surface area (Å²) in [6.07, 6.45) is 0.121. The Balaban J connectivity index is 2.35. The zero-order chi connectivity index (χ0) is 28.1. The summed E-state index contributed by atoms with van der Waals surface area (Å²) >= 11 is 0. The SMILES string of the molecule is CCC(c1ccc(O)cc1)C(CC)c1ccc(O)c(NC(=O)CC(C(=O)P(=O)(O)O)C(=O)P(=O)(O)O)c1. The van der Waals surface area contributed by atoms with E-state index in [9.17, 15) is 33.7 Å². The molecule has 0 bridgehead atoms. The first kappa shape index (κ1) is 30.4. The minimum Gasteiger partial charge on any atom is -0.508 e. The molecule has 14 heteroatoms. The number of anilines is 1. The van der Waals surface area contributed by atoms with Gasteiger partial charge in [-0.25, -0.2) is 0 Å². The second-order valence-electron chi connectivity index (χ2n) is 8.47. The van der Waals surface area contributed by atoms with E-state index in [1.807, 2.05) is 13.8 Å². The minimum atomic E-state index is -5.60. The average Bonchev–Trinajstić information content (AvgIpc) is 2.81. The molecule has 0 fully saturated rings. The molecular weight excluding hydrogens is 528 g/mol. The van der Waals surface area contributed by atoms with Crippen LogP contribution in [0, 0.1) is 5.92 Å². The number of nitrogens with one attached hydrogen (secondary N) is 1. The molecule has 1 amide bonds. The van der Waals surface area contributed by atoms with E-state index in [4.69, 9.17) is 19.6 Å². The summed E-state index contributed by atoms with van der Waals surface area (Å²) in [5.74, 6) is -4.12. The van der Waals surface area contributed by atoms with Crippen LogP contribution in [0.5, 0.6) is 11.5 Å². The largest absolute Gasteiger partial charge is 0.508 e. The lowest BCUT2D eigenvalue weighted by atomic mass is 9.78. The van der Waals surface area contributed by atoms with Crippen LogP contribution in [0.4, 0.5) is 5.69 Å². The zero-order valence-electron chi connectivity index (χ0n) is 20.0. The molecule has 37 heavy (non-hydrogen) atoms. The number of hydrogen-bond acceptors (Lipinski definition) is 7. The quantitative estimate of drug-likeness (QED) is 0.114. The minimum absolute atomic E-state index is 0.00447. The molecule has 202 valence electrons. The van der Waals surface area contributed by atoms with Crippen LogP contribution in [-0.4, -0.2) is 46.7 Å². The molecule has 2 atom stereocenters. The summed E-state index contributed by atoms with van der Waals surface area (Å²) in [7, 11) is -11.2. The van der Waals surface area contributed by atoms with Gasteiger partial charge in [0.1, 0.15) is 17.4 Å². The van der Waals surface area contributed by atoms with Crippen LogP contribution < -0.4 is 5.32 Å². The molecule has 0 spiro atoms. The monoisotopic (exact) mass is 557 g/mol. The van der Waals surface area contributed by atoms with Crippen LogP contribution in [-0.2, 0) is 23.5 Å². The summed E-state index contributed by atoms with van der Waals surface area (Å²) in [6, 6.07) is 11.2. The van der Waals surface area contributed by atoms with Crippen LogP contribution in [0.25, 0.3) is 0 Å². The standard InChI is InChI=1S/C23H29NO11P2/c1-3-16(13-5-8-15(25)9-6-13)17(4-2)14-7-10-20(26)19(11-14)24-21(27)12-18(22(28)36(30,31)32)23(29)37(33,34)35/h5-11,16-18,25-26H,3-4,12H2,1-2H3,(H,24,27)(H2,30,31,32)(H2,33,34,35). The Morgan fingerprint density at radius 2 is 1.24 bits per heavy atom. The third-order valence-electron chi connectivity index (χ3n) is 5.97. The van der Waals surface area contributed by atoms with Crippen molar-refractivity contribution >= 4 is 37.8 Å². The van der Waals surface area contributed by atoms with Crippen molar-refractivity contribution in [3.8, 4) is 11.5 Å². The highest BCUT2D eigenvalue weighted by Crippen LogP contribution is 2.47. The maximum absolute atomic E-state index is 12.6. The smallest absolute Gasteiger partial charge is 0.392 e. The maximum Gasteiger partial charge on any atom is 0.392 e. The second-order valence-corrected chi connectivity index (χ2v) is 11.5. The van der Waals surface area contributed by atoms with E-state index < -0.39 is 44.5 Å². The lowest BCUT2D eigenvalue weighted by molar-refractivity contribution is -0.130. The lowest BCUT2D eigenvalue weighted by Gasteiger charge is -2.27. The van der Waals surface area contributed by atoms with Gasteiger partial charge in [-0.15, -0.1) is 0 Å². The predicted molar refractivity (Wildman–Crippen MR) is 133 cm³/mol. The van der Waals surface area contributed by atoms with Crippen molar-refractivity contribution in [2.75, 3.05) is 5.32 Å². The zero-order valence-corrected chi connectivity index (χ0v) is 21.8. The Morgan fingerprint density at radius 1 is 0.784 bits per heavy atom. The van der Waals surface area contributed by atoms with Gasteiger partial charge in [0.05, 0.1) is 5.69 Å². The first-order valence-corrected chi connectivity index (χ1v) is 14.4. The summed E-state index contributed by atoms with van der Waals surface area (Å²) < 4.78 is 22.7. The molecule has 2 rings (SSSR count). The number of aromatic hydroxyl groups is 2. The summed E-state index contributed by atoms with van der Waals surface area (Å²) in [5, 5.41) is 22.1. The van der Waals surface area contributed by atoms with E-state index in [1.54, 1.807) is 30.3 Å². The van der Waals surface area contributed by atoms with Gasteiger partial charge < -0.3 is 35.1 Å². The van der Waals surface area contributed by atoms with Gasteiger partial charge in [-0.3, -0.25) is 23.5 Å². The Labute approximate surface area is 212 Å². The Hall–Kier alpha value is -2.85. The molecule has 2 aromatic rings. The summed E-state index contributed by atoms with van der Waals surface area (Å²) in [4.78, 5) is 72.9. The van der Waals surface area contributed by atoms with Crippen molar-refractivity contribution in [3.63, 3.8) is 0 Å². The Bertz CT molecular complexity index is 1220. The van der Waals surface area contributed by atoms with Gasteiger partial charge in [0, 0.05) is 6.42 Å². The summed E-state index contributed by atoms with van der Waals surface area (Å²) in [5.41, 5.74) is -2.66. The molecule has 0 aromatic heterocycles. The van der Waals surface area contributed by atoms with Crippen molar-refractivity contribution in [1.82, 2.24) is 0 Å². The lowest BCUT2D eigenvalue weighted by Crippen LogP contribution is -2.29. The van der Waals surface area contributed by atoms with E-state index in [-0.39, 0.29) is 29.0 Å². The van der Waals surface area contributed by atoms with E-state index in [2.05, 4.69) is 5.32 Å². The molecular formula is C23H29NO11P2. The fourth-order valence-corrected chi connectivity index (χ4v) is 5.51. The Morgan fingerprint density at radius 3 is 1.70 bits per heavy atom. The van der Waals surface area contributed by atoms with E-state index >= 15 is 0 Å². The topological polar surface area (TPSA) is 219 Å². The molecule has 2 unspecified atom stereocenters. The fourth-order valence-electron chi connectivity index (χ4n) is 4.18. The van der Waals surface area contributed by atoms with Gasteiger partial charge in [0.2, 0.25) is 5.91 Å². The Kier molecular flexibility index (Phi) is 9.96. The molecule has 0 aliphatic heterocycles. The first-order valence-electron chi connectivity index (χ1n) is 11.2. The van der Waals surface area contributed by atoms with Gasteiger partial charge in [0.15, 0.2) is 0 Å². The number of carbonyl (C=O) groups excluding carboxylic acids is 3. The molecule has 0 saturated heterocycles. The normalized spacial score (nSPS) is 13.7. The van der Waals surface area contributed by atoms with Crippen molar-refractivity contribution in [3.05, 3.63) is 53.6 Å². The number of amides is 1. The molecule has 7 N–H and O–H groups in total. The maximum atomic E-state index is 12.6. The van der Waals surface area contributed by atoms with Gasteiger partial charge in [0.25, 0.3) is 11.0 Å². The van der Waals surface area contributed by atoms with E-state index in [1.165, 1.54) is 12.1 Å². The number of phenolic OH excluding ortho intramolecular Hbond substituents is 2. The van der Waals surface area contributed by atoms with Crippen LogP contribution in [0.3, 0.4) is 0 Å². The van der Waals surface area contributed by atoms with Crippen molar-refractivity contribution in [2.24, 2.45) is 5.92 Å². The van der Waals surface area contributed by atoms with Crippen molar-refractivity contribution in [2.45, 2.75) is 44.9 Å².